The Morgan fingerprint density at radius 1 is 1.38 bits per heavy atom. The van der Waals surface area contributed by atoms with E-state index in [1.54, 1.807) is 0 Å². The van der Waals surface area contributed by atoms with Gasteiger partial charge in [0.25, 0.3) is 5.88 Å². The van der Waals surface area contributed by atoms with Gasteiger partial charge in [-0.3, -0.25) is 9.28 Å². The smallest absolute Gasteiger partial charge is 0.324 e. The molecule has 26 heavy (non-hydrogen) atoms. The first-order chi connectivity index (χ1) is 12.5. The molecule has 7 nitrogen and oxygen atoms in total. The second-order valence-corrected chi connectivity index (χ2v) is 7.53. The van der Waals surface area contributed by atoms with Gasteiger partial charge in [0.05, 0.1) is 38.5 Å². The van der Waals surface area contributed by atoms with E-state index in [4.69, 9.17) is 15.2 Å². The van der Waals surface area contributed by atoms with E-state index in [-0.39, 0.29) is 18.7 Å². The van der Waals surface area contributed by atoms with Gasteiger partial charge in [-0.15, -0.1) is 4.37 Å². The SMILES string of the molecule is CCCCCCOc1nsnc1C1=CCC[N+](C)([C@@H](C)OC(=O)CN)C1. The molecule has 1 aliphatic heterocycles. The number of likely N-dealkylation sites (N-methyl/N-ethyl adjacent to an activating group) is 1. The molecule has 0 radical (unpaired) electrons. The summed E-state index contributed by atoms with van der Waals surface area (Å²) in [4.78, 5) is 11.6. The quantitative estimate of drug-likeness (QED) is 0.380. The van der Waals surface area contributed by atoms with Gasteiger partial charge in [0.1, 0.15) is 12.2 Å². The minimum atomic E-state index is -0.376. The highest BCUT2D eigenvalue weighted by molar-refractivity contribution is 6.99. The van der Waals surface area contributed by atoms with Crippen LogP contribution in [0.2, 0.25) is 0 Å². The zero-order valence-electron chi connectivity index (χ0n) is 16.1. The first-order valence-corrected chi connectivity index (χ1v) is 10.1. The van der Waals surface area contributed by atoms with Crippen LogP contribution in [0.1, 0.15) is 51.6 Å². The number of rotatable bonds is 10. The molecule has 2 atom stereocenters. The van der Waals surface area contributed by atoms with Crippen molar-refractivity contribution < 1.29 is 18.8 Å². The molecule has 1 unspecified atom stereocenters. The Morgan fingerprint density at radius 3 is 2.92 bits per heavy atom. The van der Waals surface area contributed by atoms with Crippen LogP contribution in [0.3, 0.4) is 0 Å². The van der Waals surface area contributed by atoms with Crippen LogP contribution in [0.15, 0.2) is 6.08 Å². The maximum atomic E-state index is 11.6. The molecule has 2 rings (SSSR count). The predicted octanol–water partition coefficient (Wildman–Crippen LogP) is 2.58. The Hall–Kier alpha value is -1.51. The lowest BCUT2D eigenvalue weighted by atomic mass is 10.0. The molecule has 146 valence electrons. The Balaban J connectivity index is 2.00. The average molecular weight is 384 g/mol. The van der Waals surface area contributed by atoms with Crippen molar-refractivity contribution in [2.24, 2.45) is 5.73 Å². The van der Waals surface area contributed by atoms with Crippen molar-refractivity contribution in [3.63, 3.8) is 0 Å². The Morgan fingerprint density at radius 2 is 2.19 bits per heavy atom. The van der Waals surface area contributed by atoms with Crippen molar-refractivity contribution in [1.29, 1.82) is 0 Å². The van der Waals surface area contributed by atoms with Crippen LogP contribution in [0.4, 0.5) is 0 Å². The molecular weight excluding hydrogens is 352 g/mol. The molecule has 1 aromatic heterocycles. The van der Waals surface area contributed by atoms with Gasteiger partial charge >= 0.3 is 5.97 Å². The summed E-state index contributed by atoms with van der Waals surface area (Å²) in [5.74, 6) is 0.247. The van der Waals surface area contributed by atoms with Gasteiger partial charge < -0.3 is 15.2 Å². The lowest BCUT2D eigenvalue weighted by Gasteiger charge is -2.41. The van der Waals surface area contributed by atoms with Gasteiger partial charge in [-0.2, -0.15) is 4.37 Å². The monoisotopic (exact) mass is 383 g/mol. The fourth-order valence-corrected chi connectivity index (χ4v) is 3.61. The number of hydrogen-bond donors (Lipinski definition) is 1. The number of nitrogens with zero attached hydrogens (tertiary/aromatic N) is 3. The first kappa shape index (κ1) is 20.8. The maximum Gasteiger partial charge on any atom is 0.324 e. The zero-order valence-corrected chi connectivity index (χ0v) is 16.9. The van der Waals surface area contributed by atoms with E-state index in [1.165, 1.54) is 31.0 Å². The van der Waals surface area contributed by atoms with Crippen molar-refractivity contribution in [2.45, 2.75) is 52.2 Å². The number of esters is 1. The topological polar surface area (TPSA) is 87.3 Å². The van der Waals surface area contributed by atoms with Gasteiger partial charge in [0.15, 0.2) is 0 Å². The number of carbonyl (C=O) groups excluding carboxylic acids is 1. The van der Waals surface area contributed by atoms with Crippen LogP contribution >= 0.6 is 11.7 Å². The van der Waals surface area contributed by atoms with E-state index in [0.29, 0.717) is 17.0 Å². The molecule has 0 bridgehead atoms. The molecule has 0 fully saturated rings. The van der Waals surface area contributed by atoms with Gasteiger partial charge in [-0.25, -0.2) is 0 Å². The van der Waals surface area contributed by atoms with Crippen molar-refractivity contribution >= 4 is 23.3 Å². The number of unbranched alkanes of at least 4 members (excludes halogenated alkanes) is 3. The van der Waals surface area contributed by atoms with Crippen molar-refractivity contribution in [3.05, 3.63) is 11.8 Å². The second kappa shape index (κ2) is 9.99. The standard InChI is InChI=1S/C18H31N4O3S/c1-4-5-6-7-11-24-18-17(20-26-21-18)15-9-8-10-22(3,13-15)14(2)25-16(23)12-19/h9,14H,4-8,10-13,19H2,1-3H3/q+1/t14-,22?/m1/s1. The van der Waals surface area contributed by atoms with Crippen LogP contribution in [0, 0.1) is 0 Å². The summed E-state index contributed by atoms with van der Waals surface area (Å²) in [6.45, 7) is 6.30. The third-order valence-electron chi connectivity index (χ3n) is 4.91. The third-order valence-corrected chi connectivity index (χ3v) is 5.42. The van der Waals surface area contributed by atoms with Crippen LogP contribution in [-0.4, -0.2) is 58.7 Å². The van der Waals surface area contributed by atoms with Crippen LogP contribution in [0.25, 0.3) is 5.57 Å². The van der Waals surface area contributed by atoms with Gasteiger partial charge in [-0.05, 0) is 6.42 Å². The highest BCUT2D eigenvalue weighted by Gasteiger charge is 2.36. The summed E-state index contributed by atoms with van der Waals surface area (Å²) in [6, 6.07) is 0. The zero-order chi connectivity index (χ0) is 19.0. The van der Waals surface area contributed by atoms with Crippen LogP contribution in [-0.2, 0) is 9.53 Å². The number of hydrogen-bond acceptors (Lipinski definition) is 7. The van der Waals surface area contributed by atoms with Gasteiger partial charge in [0, 0.05) is 18.9 Å². The summed E-state index contributed by atoms with van der Waals surface area (Å²) in [5, 5.41) is 0. The lowest BCUT2D eigenvalue weighted by molar-refractivity contribution is -0.944. The predicted molar refractivity (Wildman–Crippen MR) is 103 cm³/mol. The van der Waals surface area contributed by atoms with Crippen molar-refractivity contribution in [3.8, 4) is 5.88 Å². The number of nitrogens with two attached hydrogens (primary N) is 1. The minimum absolute atomic E-state index is 0.0982. The van der Waals surface area contributed by atoms with Crippen LogP contribution in [0.5, 0.6) is 5.88 Å². The molecule has 2 heterocycles. The number of quaternary nitrogens is 1. The van der Waals surface area contributed by atoms with Crippen molar-refractivity contribution in [2.75, 3.05) is 33.3 Å². The average Bonchev–Trinajstić information content (AvgIpc) is 3.10. The molecular formula is C18H31N4O3S+. The molecule has 0 saturated carbocycles. The fraction of sp³-hybridized carbons (Fsp3) is 0.722. The minimum Gasteiger partial charge on any atom is -0.475 e. The summed E-state index contributed by atoms with van der Waals surface area (Å²) in [5.41, 5.74) is 7.30. The van der Waals surface area contributed by atoms with Gasteiger partial charge in [-0.1, -0.05) is 32.3 Å². The fourth-order valence-electron chi connectivity index (χ4n) is 3.08. The highest BCUT2D eigenvalue weighted by atomic mass is 32.1. The first-order valence-electron chi connectivity index (χ1n) is 9.38. The molecule has 1 aliphatic rings. The highest BCUT2D eigenvalue weighted by Crippen LogP contribution is 2.31. The number of carbonyl (C=O) groups is 1. The van der Waals surface area contributed by atoms with Crippen LogP contribution < -0.4 is 10.5 Å². The summed E-state index contributed by atoms with van der Waals surface area (Å²) in [7, 11) is 2.09. The molecule has 0 amide bonds. The molecule has 1 aromatic rings. The van der Waals surface area contributed by atoms with Gasteiger partial charge in [0.2, 0.25) is 6.23 Å². The molecule has 0 saturated heterocycles. The summed E-state index contributed by atoms with van der Waals surface area (Å²) < 4.78 is 20.7. The summed E-state index contributed by atoms with van der Waals surface area (Å²) >= 11 is 1.18. The molecule has 0 aromatic carbocycles. The van der Waals surface area contributed by atoms with E-state index >= 15 is 0 Å². The normalized spacial score (nSPS) is 21.2. The molecule has 2 N–H and O–H groups in total. The Bertz CT molecular complexity index is 619. The third kappa shape index (κ3) is 5.49. The Labute approximate surface area is 160 Å². The second-order valence-electron chi connectivity index (χ2n) is 7.00. The maximum absolute atomic E-state index is 11.6. The number of aromatic nitrogens is 2. The molecule has 0 aliphatic carbocycles. The van der Waals surface area contributed by atoms with E-state index in [9.17, 15) is 4.79 Å². The lowest BCUT2D eigenvalue weighted by Crippen LogP contribution is -2.55. The van der Waals surface area contributed by atoms with E-state index in [2.05, 4.69) is 28.8 Å². The largest absolute Gasteiger partial charge is 0.475 e. The number of ether oxygens (including phenoxy) is 2. The van der Waals surface area contributed by atoms with E-state index in [0.717, 1.165) is 37.2 Å². The molecule has 8 heteroatoms. The van der Waals surface area contributed by atoms with Crippen molar-refractivity contribution in [1.82, 2.24) is 8.75 Å². The van der Waals surface area contributed by atoms with E-state index in [1.807, 2.05) is 6.92 Å². The van der Waals surface area contributed by atoms with E-state index < -0.39 is 0 Å². The Kier molecular flexibility index (Phi) is 7.99. The molecule has 0 spiro atoms. The summed E-state index contributed by atoms with van der Waals surface area (Å²) in [6.07, 6.45) is 7.46.